The average Bonchev–Trinajstić information content (AvgIpc) is 2.43. The molecule has 0 aliphatic rings. The minimum atomic E-state index is -0.665. The molecule has 1 atom stereocenters. The van der Waals surface area contributed by atoms with Crippen LogP contribution in [-0.4, -0.2) is 15.7 Å². The van der Waals surface area contributed by atoms with Crippen molar-refractivity contribution in [1.82, 2.24) is 9.78 Å². The van der Waals surface area contributed by atoms with Crippen LogP contribution in [0.4, 0.5) is 5.69 Å². The first-order chi connectivity index (χ1) is 9.49. The van der Waals surface area contributed by atoms with Gasteiger partial charge in [-0.15, -0.1) is 0 Å². The molecule has 5 nitrogen and oxygen atoms in total. The van der Waals surface area contributed by atoms with E-state index < -0.39 is 6.04 Å². The Kier molecular flexibility index (Phi) is 3.98. The van der Waals surface area contributed by atoms with E-state index in [4.69, 9.17) is 0 Å². The summed E-state index contributed by atoms with van der Waals surface area (Å²) in [6.45, 7) is 5.35. The van der Waals surface area contributed by atoms with Gasteiger partial charge in [-0.1, -0.05) is 18.2 Å². The topological polar surface area (TPSA) is 64.0 Å². The van der Waals surface area contributed by atoms with Gasteiger partial charge in [-0.2, -0.15) is 5.10 Å². The number of carbonyl (C=O) groups is 1. The van der Waals surface area contributed by atoms with Crippen molar-refractivity contribution in [3.63, 3.8) is 0 Å². The second-order valence-corrected chi connectivity index (χ2v) is 4.74. The van der Waals surface area contributed by atoms with E-state index in [1.807, 2.05) is 31.2 Å². The van der Waals surface area contributed by atoms with Gasteiger partial charge in [-0.25, -0.2) is 4.68 Å². The van der Waals surface area contributed by atoms with Crippen LogP contribution in [0, 0.1) is 13.8 Å². The molecule has 1 aromatic heterocycles. The lowest BCUT2D eigenvalue weighted by Crippen LogP contribution is -2.33. The Hall–Kier alpha value is -2.43. The SMILES string of the molecule is Cc1ccc(=O)n(C(C)C(=O)Nc2ccccc2C)n1. The fourth-order valence-electron chi connectivity index (χ4n) is 1.86. The second kappa shape index (κ2) is 5.69. The Balaban J connectivity index is 2.23. The highest BCUT2D eigenvalue weighted by Crippen LogP contribution is 2.15. The lowest BCUT2D eigenvalue weighted by Gasteiger charge is -2.15. The third-order valence-corrected chi connectivity index (χ3v) is 3.11. The largest absolute Gasteiger partial charge is 0.324 e. The summed E-state index contributed by atoms with van der Waals surface area (Å²) in [6, 6.07) is 9.88. The van der Waals surface area contributed by atoms with E-state index in [9.17, 15) is 9.59 Å². The standard InChI is InChI=1S/C15H17N3O2/c1-10-6-4-5-7-13(10)16-15(20)12(3)18-14(19)9-8-11(2)17-18/h4-9,12H,1-3H3,(H,16,20). The highest BCUT2D eigenvalue weighted by Gasteiger charge is 2.17. The van der Waals surface area contributed by atoms with Crippen molar-refractivity contribution in [2.75, 3.05) is 5.32 Å². The lowest BCUT2D eigenvalue weighted by atomic mass is 10.2. The third-order valence-electron chi connectivity index (χ3n) is 3.11. The molecule has 0 aliphatic heterocycles. The second-order valence-electron chi connectivity index (χ2n) is 4.74. The molecule has 20 heavy (non-hydrogen) atoms. The molecule has 5 heteroatoms. The Labute approximate surface area is 117 Å². The van der Waals surface area contributed by atoms with Crippen LogP contribution >= 0.6 is 0 Å². The molecule has 0 saturated heterocycles. The zero-order valence-corrected chi connectivity index (χ0v) is 11.8. The Morgan fingerprint density at radius 1 is 1.20 bits per heavy atom. The van der Waals surface area contributed by atoms with Crippen LogP contribution in [0.25, 0.3) is 0 Å². The fourth-order valence-corrected chi connectivity index (χ4v) is 1.86. The molecule has 0 aliphatic carbocycles. The van der Waals surface area contributed by atoms with E-state index >= 15 is 0 Å². The van der Waals surface area contributed by atoms with Gasteiger partial charge in [0, 0.05) is 11.8 Å². The Bertz CT molecular complexity index is 692. The normalized spacial score (nSPS) is 11.9. The molecule has 104 valence electrons. The molecule has 0 radical (unpaired) electrons. The molecule has 1 amide bonds. The van der Waals surface area contributed by atoms with Crippen LogP contribution < -0.4 is 10.9 Å². The first-order valence-electron chi connectivity index (χ1n) is 6.42. The Morgan fingerprint density at radius 3 is 2.60 bits per heavy atom. The first kappa shape index (κ1) is 14.0. The number of carbonyl (C=O) groups excluding carboxylic acids is 1. The van der Waals surface area contributed by atoms with E-state index in [-0.39, 0.29) is 11.5 Å². The molecule has 1 aromatic carbocycles. The van der Waals surface area contributed by atoms with E-state index in [1.54, 1.807) is 19.9 Å². The molecule has 1 N–H and O–H groups in total. The number of nitrogens with zero attached hydrogens (tertiary/aromatic N) is 2. The highest BCUT2D eigenvalue weighted by atomic mass is 16.2. The van der Waals surface area contributed by atoms with Crippen molar-refractivity contribution in [1.29, 1.82) is 0 Å². The predicted molar refractivity (Wildman–Crippen MR) is 77.8 cm³/mol. The zero-order chi connectivity index (χ0) is 14.7. The molecule has 1 heterocycles. The quantitative estimate of drug-likeness (QED) is 0.929. The van der Waals surface area contributed by atoms with E-state index in [0.717, 1.165) is 11.3 Å². The number of amides is 1. The van der Waals surface area contributed by atoms with Crippen LogP contribution in [0.15, 0.2) is 41.2 Å². The Morgan fingerprint density at radius 2 is 1.90 bits per heavy atom. The predicted octanol–water partition coefficient (Wildman–Crippen LogP) is 2.06. The molecule has 1 unspecified atom stereocenters. The molecule has 2 aromatic rings. The molecule has 2 rings (SSSR count). The highest BCUT2D eigenvalue weighted by molar-refractivity contribution is 5.94. The minimum absolute atomic E-state index is 0.264. The molecular formula is C15H17N3O2. The van der Waals surface area contributed by atoms with Crippen LogP contribution in [0.1, 0.15) is 24.2 Å². The maximum absolute atomic E-state index is 12.2. The number of para-hydroxylation sites is 1. The van der Waals surface area contributed by atoms with Gasteiger partial charge in [0.1, 0.15) is 6.04 Å². The lowest BCUT2D eigenvalue weighted by molar-refractivity contribution is -0.119. The summed E-state index contributed by atoms with van der Waals surface area (Å²) in [6.07, 6.45) is 0. The number of aromatic nitrogens is 2. The van der Waals surface area contributed by atoms with Crippen LogP contribution in [0.3, 0.4) is 0 Å². The third kappa shape index (κ3) is 2.93. The van der Waals surface area contributed by atoms with Gasteiger partial charge in [-0.05, 0) is 38.5 Å². The summed E-state index contributed by atoms with van der Waals surface area (Å²) in [5, 5.41) is 6.92. The van der Waals surface area contributed by atoms with Crippen molar-refractivity contribution in [3.8, 4) is 0 Å². The zero-order valence-electron chi connectivity index (χ0n) is 11.8. The van der Waals surface area contributed by atoms with E-state index in [0.29, 0.717) is 5.69 Å². The van der Waals surface area contributed by atoms with Gasteiger partial charge < -0.3 is 5.32 Å². The van der Waals surface area contributed by atoms with Gasteiger partial charge in [0.2, 0.25) is 5.91 Å². The number of nitrogens with one attached hydrogen (secondary N) is 1. The van der Waals surface area contributed by atoms with Crippen molar-refractivity contribution < 1.29 is 4.79 Å². The van der Waals surface area contributed by atoms with Crippen LogP contribution in [0.2, 0.25) is 0 Å². The van der Waals surface area contributed by atoms with Crippen LogP contribution in [0.5, 0.6) is 0 Å². The molecule has 0 fully saturated rings. The summed E-state index contributed by atoms with van der Waals surface area (Å²) in [5.41, 5.74) is 2.12. The molecule has 0 saturated carbocycles. The molecular weight excluding hydrogens is 254 g/mol. The van der Waals surface area contributed by atoms with Gasteiger partial charge in [0.25, 0.3) is 5.56 Å². The molecule has 0 spiro atoms. The number of rotatable bonds is 3. The monoisotopic (exact) mass is 271 g/mol. The van der Waals surface area contributed by atoms with Gasteiger partial charge in [-0.3, -0.25) is 9.59 Å². The van der Waals surface area contributed by atoms with Crippen molar-refractivity contribution in [2.24, 2.45) is 0 Å². The van der Waals surface area contributed by atoms with Gasteiger partial charge >= 0.3 is 0 Å². The van der Waals surface area contributed by atoms with E-state index in [2.05, 4.69) is 10.4 Å². The van der Waals surface area contributed by atoms with Crippen molar-refractivity contribution in [2.45, 2.75) is 26.8 Å². The number of hydrogen-bond acceptors (Lipinski definition) is 3. The van der Waals surface area contributed by atoms with Crippen molar-refractivity contribution >= 4 is 11.6 Å². The summed E-state index contributed by atoms with van der Waals surface area (Å²) >= 11 is 0. The summed E-state index contributed by atoms with van der Waals surface area (Å²) in [7, 11) is 0. The van der Waals surface area contributed by atoms with E-state index in [1.165, 1.54) is 10.7 Å². The number of hydrogen-bond donors (Lipinski definition) is 1. The maximum Gasteiger partial charge on any atom is 0.267 e. The number of benzene rings is 1. The maximum atomic E-state index is 12.2. The minimum Gasteiger partial charge on any atom is -0.324 e. The number of aryl methyl sites for hydroxylation is 2. The molecule has 0 bridgehead atoms. The van der Waals surface area contributed by atoms with Gasteiger partial charge in [0.05, 0.1) is 5.69 Å². The summed E-state index contributed by atoms with van der Waals surface area (Å²) < 4.78 is 1.20. The summed E-state index contributed by atoms with van der Waals surface area (Å²) in [4.78, 5) is 24.0. The first-order valence-corrected chi connectivity index (χ1v) is 6.42. The summed E-state index contributed by atoms with van der Waals surface area (Å²) in [5.74, 6) is -0.264. The van der Waals surface area contributed by atoms with Crippen molar-refractivity contribution in [3.05, 3.63) is 58.0 Å². The fraction of sp³-hybridized carbons (Fsp3) is 0.267. The van der Waals surface area contributed by atoms with Gasteiger partial charge in [0.15, 0.2) is 0 Å². The number of anilines is 1. The van der Waals surface area contributed by atoms with Crippen LogP contribution in [-0.2, 0) is 4.79 Å². The average molecular weight is 271 g/mol. The smallest absolute Gasteiger partial charge is 0.267 e.